The van der Waals surface area contributed by atoms with Gasteiger partial charge >= 0.3 is 5.76 Å². The van der Waals surface area contributed by atoms with Gasteiger partial charge in [0.25, 0.3) is 0 Å². The summed E-state index contributed by atoms with van der Waals surface area (Å²) in [5.41, 5.74) is 1.84. The molecule has 0 aliphatic rings. The van der Waals surface area contributed by atoms with Crippen molar-refractivity contribution in [3.63, 3.8) is 0 Å². The summed E-state index contributed by atoms with van der Waals surface area (Å²) in [6.45, 7) is 0. The summed E-state index contributed by atoms with van der Waals surface area (Å²) in [6.07, 6.45) is 0.746. The minimum Gasteiger partial charge on any atom is -0.408 e. The van der Waals surface area contributed by atoms with Crippen LogP contribution in [0.1, 0.15) is 29.6 Å². The molecular formula is C18H15FN2O4. The molecule has 2 aromatic carbocycles. The number of anilines is 1. The van der Waals surface area contributed by atoms with Crippen molar-refractivity contribution in [1.29, 1.82) is 0 Å². The molecule has 0 saturated heterocycles. The predicted molar refractivity (Wildman–Crippen MR) is 90.0 cm³/mol. The van der Waals surface area contributed by atoms with E-state index in [9.17, 15) is 18.8 Å². The number of H-pyrrole nitrogens is 1. The summed E-state index contributed by atoms with van der Waals surface area (Å²) in [5.74, 6) is -1.34. The monoisotopic (exact) mass is 342 g/mol. The van der Waals surface area contributed by atoms with Gasteiger partial charge in [-0.1, -0.05) is 0 Å². The zero-order chi connectivity index (χ0) is 17.8. The molecule has 0 bridgehead atoms. The average Bonchev–Trinajstić information content (AvgIpc) is 2.94. The van der Waals surface area contributed by atoms with Crippen molar-refractivity contribution in [2.45, 2.75) is 19.3 Å². The Morgan fingerprint density at radius 1 is 1.08 bits per heavy atom. The highest BCUT2D eigenvalue weighted by atomic mass is 19.1. The Hall–Kier alpha value is -3.22. The second-order valence-electron chi connectivity index (χ2n) is 5.56. The largest absolute Gasteiger partial charge is 0.417 e. The standard InChI is InChI=1S/C18H15FN2O4/c19-12-6-4-11(5-7-12)15(22)2-1-3-17(23)20-13-8-9-14-16(10-13)25-18(24)21-14/h4-10H,1-3H2,(H,20,23)(H,21,24). The van der Waals surface area contributed by atoms with E-state index in [4.69, 9.17) is 4.42 Å². The maximum atomic E-state index is 12.8. The van der Waals surface area contributed by atoms with E-state index in [2.05, 4.69) is 10.3 Å². The first-order valence-corrected chi connectivity index (χ1v) is 7.73. The fraction of sp³-hybridized carbons (Fsp3) is 0.167. The first-order valence-electron chi connectivity index (χ1n) is 7.73. The molecule has 25 heavy (non-hydrogen) atoms. The van der Waals surface area contributed by atoms with E-state index in [1.807, 2.05) is 0 Å². The third-order valence-electron chi connectivity index (χ3n) is 3.68. The third kappa shape index (κ3) is 4.20. The average molecular weight is 342 g/mol. The van der Waals surface area contributed by atoms with Gasteiger partial charge in [-0.3, -0.25) is 14.6 Å². The molecule has 0 aliphatic heterocycles. The molecule has 1 aromatic heterocycles. The van der Waals surface area contributed by atoms with Gasteiger partial charge < -0.3 is 9.73 Å². The van der Waals surface area contributed by atoms with Crippen LogP contribution >= 0.6 is 0 Å². The maximum Gasteiger partial charge on any atom is 0.417 e. The number of nitrogens with one attached hydrogen (secondary N) is 2. The Balaban J connectivity index is 1.51. The second-order valence-corrected chi connectivity index (χ2v) is 5.56. The summed E-state index contributed by atoms with van der Waals surface area (Å²) >= 11 is 0. The van der Waals surface area contributed by atoms with Crippen LogP contribution in [0.25, 0.3) is 11.1 Å². The highest BCUT2D eigenvalue weighted by molar-refractivity contribution is 5.97. The molecule has 0 atom stereocenters. The first-order chi connectivity index (χ1) is 12.0. The molecule has 0 saturated carbocycles. The number of benzene rings is 2. The molecule has 6 nitrogen and oxygen atoms in total. The van der Waals surface area contributed by atoms with Gasteiger partial charge in [-0.25, -0.2) is 9.18 Å². The Labute approximate surface area is 141 Å². The van der Waals surface area contributed by atoms with Crippen LogP contribution in [-0.2, 0) is 4.79 Å². The lowest BCUT2D eigenvalue weighted by molar-refractivity contribution is -0.116. The number of ketones is 1. The number of aromatic amines is 1. The molecule has 1 heterocycles. The number of halogens is 1. The van der Waals surface area contributed by atoms with Crippen LogP contribution in [0.5, 0.6) is 0 Å². The highest BCUT2D eigenvalue weighted by Crippen LogP contribution is 2.17. The van der Waals surface area contributed by atoms with E-state index in [1.54, 1.807) is 18.2 Å². The zero-order valence-electron chi connectivity index (χ0n) is 13.2. The van der Waals surface area contributed by atoms with Crippen LogP contribution in [-0.4, -0.2) is 16.7 Å². The van der Waals surface area contributed by atoms with Gasteiger partial charge in [0.1, 0.15) is 5.82 Å². The minimum absolute atomic E-state index is 0.136. The van der Waals surface area contributed by atoms with Crippen LogP contribution < -0.4 is 11.1 Å². The van der Waals surface area contributed by atoms with Crippen LogP contribution in [0.4, 0.5) is 10.1 Å². The number of aromatic nitrogens is 1. The SMILES string of the molecule is O=C(CCCC(=O)c1ccc(F)cc1)Nc1ccc2[nH]c(=O)oc2c1. The van der Waals surface area contributed by atoms with E-state index in [0.717, 1.165) is 0 Å². The summed E-state index contributed by atoms with van der Waals surface area (Å²) in [7, 11) is 0. The van der Waals surface area contributed by atoms with E-state index in [-0.39, 0.29) is 24.5 Å². The number of carbonyl (C=O) groups is 2. The van der Waals surface area contributed by atoms with E-state index < -0.39 is 11.6 Å². The van der Waals surface area contributed by atoms with Crippen LogP contribution in [0.2, 0.25) is 0 Å². The Bertz CT molecular complexity index is 973. The van der Waals surface area contributed by atoms with Crippen molar-refractivity contribution in [2.24, 2.45) is 0 Å². The summed E-state index contributed by atoms with van der Waals surface area (Å²) in [4.78, 5) is 37.5. The number of Topliss-reactive ketones (excluding diaryl/α,β-unsaturated/α-hetero) is 1. The minimum atomic E-state index is -0.558. The van der Waals surface area contributed by atoms with Crippen LogP contribution in [0.3, 0.4) is 0 Å². The third-order valence-corrected chi connectivity index (χ3v) is 3.68. The predicted octanol–water partition coefficient (Wildman–Crippen LogP) is 3.25. The summed E-state index contributed by atoms with van der Waals surface area (Å²) < 4.78 is 17.7. The summed E-state index contributed by atoms with van der Waals surface area (Å²) in [6, 6.07) is 10.2. The number of rotatable bonds is 6. The lowest BCUT2D eigenvalue weighted by Crippen LogP contribution is -2.12. The van der Waals surface area contributed by atoms with E-state index >= 15 is 0 Å². The zero-order valence-corrected chi connectivity index (χ0v) is 13.2. The van der Waals surface area contributed by atoms with E-state index in [0.29, 0.717) is 28.8 Å². The number of fused-ring (bicyclic) bond motifs is 1. The topological polar surface area (TPSA) is 92.2 Å². The van der Waals surface area contributed by atoms with Crippen molar-refractivity contribution >= 4 is 28.5 Å². The van der Waals surface area contributed by atoms with Crippen molar-refractivity contribution in [2.75, 3.05) is 5.32 Å². The molecule has 1 amide bonds. The van der Waals surface area contributed by atoms with Gasteiger partial charge in [0, 0.05) is 30.2 Å². The fourth-order valence-electron chi connectivity index (χ4n) is 2.44. The second kappa shape index (κ2) is 7.12. The smallest absolute Gasteiger partial charge is 0.408 e. The van der Waals surface area contributed by atoms with Crippen molar-refractivity contribution in [3.05, 3.63) is 64.4 Å². The Morgan fingerprint density at radius 3 is 2.60 bits per heavy atom. The van der Waals surface area contributed by atoms with Crippen LogP contribution in [0.15, 0.2) is 51.7 Å². The Morgan fingerprint density at radius 2 is 1.84 bits per heavy atom. The molecular weight excluding hydrogens is 327 g/mol. The first kappa shape index (κ1) is 16.6. The number of carbonyl (C=O) groups excluding carboxylic acids is 2. The van der Waals surface area contributed by atoms with Crippen molar-refractivity contribution < 1.29 is 18.4 Å². The molecule has 3 rings (SSSR count). The van der Waals surface area contributed by atoms with Gasteiger partial charge in [0.05, 0.1) is 5.52 Å². The lowest BCUT2D eigenvalue weighted by Gasteiger charge is -2.05. The molecule has 0 aliphatic carbocycles. The van der Waals surface area contributed by atoms with Crippen molar-refractivity contribution in [3.8, 4) is 0 Å². The molecule has 3 aromatic rings. The van der Waals surface area contributed by atoms with Gasteiger partial charge in [-0.05, 0) is 42.8 Å². The number of hydrogen-bond donors (Lipinski definition) is 2. The summed E-state index contributed by atoms with van der Waals surface area (Å²) in [5, 5.41) is 2.69. The quantitative estimate of drug-likeness (QED) is 0.673. The molecule has 2 N–H and O–H groups in total. The van der Waals surface area contributed by atoms with Gasteiger partial charge in [0.15, 0.2) is 11.4 Å². The fourth-order valence-corrected chi connectivity index (χ4v) is 2.44. The van der Waals surface area contributed by atoms with Gasteiger partial charge in [-0.2, -0.15) is 0 Å². The van der Waals surface area contributed by atoms with Crippen molar-refractivity contribution in [1.82, 2.24) is 4.98 Å². The maximum absolute atomic E-state index is 12.8. The normalized spacial score (nSPS) is 10.8. The molecule has 0 radical (unpaired) electrons. The van der Waals surface area contributed by atoms with E-state index in [1.165, 1.54) is 24.3 Å². The molecule has 0 spiro atoms. The number of hydrogen-bond acceptors (Lipinski definition) is 4. The number of amides is 1. The molecule has 0 unspecified atom stereocenters. The molecule has 128 valence electrons. The molecule has 7 heteroatoms. The highest BCUT2D eigenvalue weighted by Gasteiger charge is 2.09. The van der Waals surface area contributed by atoms with Gasteiger partial charge in [0.2, 0.25) is 5.91 Å². The number of oxazole rings is 1. The van der Waals surface area contributed by atoms with Gasteiger partial charge in [-0.15, -0.1) is 0 Å². The van der Waals surface area contributed by atoms with Crippen LogP contribution in [0, 0.1) is 5.82 Å². The Kier molecular flexibility index (Phi) is 4.74. The molecule has 0 fully saturated rings. The lowest BCUT2D eigenvalue weighted by atomic mass is 10.1.